The van der Waals surface area contributed by atoms with E-state index in [9.17, 15) is 0 Å². The van der Waals surface area contributed by atoms with Gasteiger partial charge < -0.3 is 13.3 Å². The van der Waals surface area contributed by atoms with E-state index >= 15 is 0 Å². The molecular formula is C9H24O3Si2. The lowest BCUT2D eigenvalue weighted by Crippen LogP contribution is -2.44. The third-order valence-electron chi connectivity index (χ3n) is 1.29. The molecule has 0 N–H and O–H groups in total. The minimum atomic E-state index is -2.51. The first-order chi connectivity index (χ1) is 6.74. The zero-order valence-corrected chi connectivity index (χ0v) is 13.1. The predicted molar refractivity (Wildman–Crippen MR) is 66.6 cm³/mol. The Morgan fingerprint density at radius 1 is 1.00 bits per heavy atom. The van der Waals surface area contributed by atoms with Gasteiger partial charge in [-0.2, -0.15) is 0 Å². The van der Waals surface area contributed by atoms with Gasteiger partial charge in [0.05, 0.1) is 0 Å². The molecule has 14 heavy (non-hydrogen) atoms. The number of rotatable bonds is 7. The topological polar surface area (TPSA) is 27.7 Å². The van der Waals surface area contributed by atoms with E-state index in [1.165, 1.54) is 10.2 Å². The van der Waals surface area contributed by atoms with Crippen LogP contribution in [-0.2, 0) is 13.3 Å². The van der Waals surface area contributed by atoms with Crippen LogP contribution in [-0.4, -0.2) is 38.9 Å². The van der Waals surface area contributed by atoms with E-state index in [4.69, 9.17) is 13.3 Å². The SMILES string of the molecule is C=C[Si](OCC)(OCC)OCC.C[SiH3]. The maximum atomic E-state index is 5.44. The summed E-state index contributed by atoms with van der Waals surface area (Å²) >= 11 is 0. The van der Waals surface area contributed by atoms with Crippen molar-refractivity contribution in [3.05, 3.63) is 12.3 Å². The average Bonchev–Trinajstić information content (AvgIpc) is 2.22. The van der Waals surface area contributed by atoms with Crippen molar-refractivity contribution in [1.82, 2.24) is 0 Å². The molecule has 0 heterocycles. The Labute approximate surface area is 92.2 Å². The maximum absolute atomic E-state index is 5.44. The summed E-state index contributed by atoms with van der Waals surface area (Å²) in [7, 11) is -1.20. The van der Waals surface area contributed by atoms with E-state index in [2.05, 4.69) is 13.1 Å². The van der Waals surface area contributed by atoms with Gasteiger partial charge in [-0.15, -0.1) is 0 Å². The Morgan fingerprint density at radius 2 is 1.29 bits per heavy atom. The van der Waals surface area contributed by atoms with Crippen LogP contribution in [0.4, 0.5) is 0 Å². The van der Waals surface area contributed by atoms with Crippen LogP contribution in [0.2, 0.25) is 6.55 Å². The molecular weight excluding hydrogens is 212 g/mol. The highest BCUT2D eigenvalue weighted by Gasteiger charge is 2.36. The van der Waals surface area contributed by atoms with Crippen molar-refractivity contribution in [2.45, 2.75) is 27.3 Å². The summed E-state index contributed by atoms with van der Waals surface area (Å²) in [6.45, 7) is 13.4. The number of hydrogen-bond donors (Lipinski definition) is 0. The molecule has 0 saturated heterocycles. The quantitative estimate of drug-likeness (QED) is 0.621. The molecule has 0 bridgehead atoms. The summed E-state index contributed by atoms with van der Waals surface area (Å²) < 4.78 is 16.3. The fraction of sp³-hybridized carbons (Fsp3) is 0.778. The van der Waals surface area contributed by atoms with E-state index in [1.807, 2.05) is 20.8 Å². The van der Waals surface area contributed by atoms with E-state index < -0.39 is 8.80 Å². The van der Waals surface area contributed by atoms with Gasteiger partial charge in [-0.25, -0.2) is 0 Å². The second kappa shape index (κ2) is 11.1. The maximum Gasteiger partial charge on any atom is 0.528 e. The Bertz CT molecular complexity index is 114. The number of hydrogen-bond acceptors (Lipinski definition) is 3. The summed E-state index contributed by atoms with van der Waals surface area (Å²) in [5.74, 6) is 0. The van der Waals surface area contributed by atoms with Gasteiger partial charge in [-0.3, -0.25) is 0 Å². The van der Waals surface area contributed by atoms with Gasteiger partial charge in [0.15, 0.2) is 0 Å². The zero-order chi connectivity index (χ0) is 11.4. The monoisotopic (exact) mass is 236 g/mol. The molecule has 5 heteroatoms. The second-order valence-electron chi connectivity index (χ2n) is 2.11. The van der Waals surface area contributed by atoms with Crippen LogP contribution < -0.4 is 0 Å². The van der Waals surface area contributed by atoms with Gasteiger partial charge in [-0.05, 0) is 36.7 Å². The van der Waals surface area contributed by atoms with Gasteiger partial charge in [0.2, 0.25) is 0 Å². The van der Waals surface area contributed by atoms with Crippen LogP contribution in [0.5, 0.6) is 0 Å². The molecule has 0 spiro atoms. The zero-order valence-electron chi connectivity index (χ0n) is 10.1. The highest BCUT2D eigenvalue weighted by atomic mass is 28.4. The van der Waals surface area contributed by atoms with Crippen LogP contribution in [0.15, 0.2) is 12.3 Å². The molecule has 3 nitrogen and oxygen atoms in total. The molecule has 0 atom stereocenters. The third kappa shape index (κ3) is 6.50. The van der Waals surface area contributed by atoms with E-state index in [0.717, 1.165) is 0 Å². The molecule has 0 radical (unpaired) electrons. The molecule has 86 valence electrons. The van der Waals surface area contributed by atoms with Gasteiger partial charge in [0, 0.05) is 19.8 Å². The Morgan fingerprint density at radius 3 is 1.43 bits per heavy atom. The molecule has 0 rings (SSSR count). The molecule has 0 aromatic rings. The molecule has 0 unspecified atom stereocenters. The minimum Gasteiger partial charge on any atom is -0.371 e. The van der Waals surface area contributed by atoms with Crippen LogP contribution in [0.1, 0.15) is 20.8 Å². The highest BCUT2D eigenvalue weighted by Crippen LogP contribution is 2.10. The van der Waals surface area contributed by atoms with Gasteiger partial charge in [0.25, 0.3) is 0 Å². The highest BCUT2D eigenvalue weighted by molar-refractivity contribution is 6.66. The molecule has 0 amide bonds. The summed E-state index contributed by atoms with van der Waals surface area (Å²) in [6, 6.07) is 0. The molecule has 0 fully saturated rings. The summed E-state index contributed by atoms with van der Waals surface area (Å²) in [4.78, 5) is 0. The largest absolute Gasteiger partial charge is 0.528 e. The van der Waals surface area contributed by atoms with Crippen LogP contribution in [0, 0.1) is 0 Å². The third-order valence-corrected chi connectivity index (χ3v) is 3.86. The van der Waals surface area contributed by atoms with Crippen molar-refractivity contribution in [2.24, 2.45) is 0 Å². The molecule has 0 aromatic carbocycles. The van der Waals surface area contributed by atoms with E-state index in [1.54, 1.807) is 5.70 Å². The Kier molecular flexibility index (Phi) is 13.1. The molecule has 0 aromatic heterocycles. The summed E-state index contributed by atoms with van der Waals surface area (Å²) in [5, 5.41) is 0. The normalized spacial score (nSPS) is 10.6. The minimum absolute atomic E-state index is 0.595. The lowest BCUT2D eigenvalue weighted by Gasteiger charge is -2.24. The standard InChI is InChI=1S/C8H18O3Si.CH6Si/c1-5-9-12(8-4,10-6-2)11-7-3;1-2/h8H,4-7H2,1-3H3;1-2H3. The Balaban J connectivity index is 0. The van der Waals surface area contributed by atoms with Crippen molar-refractivity contribution >= 4 is 19.0 Å². The first-order valence-corrected chi connectivity index (χ1v) is 9.10. The molecule has 0 saturated carbocycles. The predicted octanol–water partition coefficient (Wildman–Crippen LogP) is 1.16. The first-order valence-electron chi connectivity index (χ1n) is 5.30. The lowest BCUT2D eigenvalue weighted by atomic mass is 10.9. The molecule has 0 aliphatic heterocycles. The van der Waals surface area contributed by atoms with Gasteiger partial charge in [-0.1, -0.05) is 13.1 Å². The van der Waals surface area contributed by atoms with E-state index in [-0.39, 0.29) is 0 Å². The van der Waals surface area contributed by atoms with Crippen molar-refractivity contribution in [1.29, 1.82) is 0 Å². The van der Waals surface area contributed by atoms with Crippen molar-refractivity contribution in [2.75, 3.05) is 19.8 Å². The van der Waals surface area contributed by atoms with Crippen LogP contribution in [0.25, 0.3) is 0 Å². The fourth-order valence-corrected chi connectivity index (χ4v) is 2.72. The fourth-order valence-electron chi connectivity index (χ4n) is 0.905. The summed E-state index contributed by atoms with van der Waals surface area (Å²) in [5.41, 5.74) is 1.67. The van der Waals surface area contributed by atoms with Gasteiger partial charge in [0.1, 0.15) is 0 Å². The van der Waals surface area contributed by atoms with Crippen molar-refractivity contribution < 1.29 is 13.3 Å². The second-order valence-corrected chi connectivity index (χ2v) is 4.59. The van der Waals surface area contributed by atoms with Crippen molar-refractivity contribution in [3.8, 4) is 0 Å². The van der Waals surface area contributed by atoms with Gasteiger partial charge >= 0.3 is 8.80 Å². The molecule has 0 aliphatic rings. The smallest absolute Gasteiger partial charge is 0.371 e. The summed E-state index contributed by atoms with van der Waals surface area (Å²) in [6.07, 6.45) is 0. The lowest BCUT2D eigenvalue weighted by molar-refractivity contribution is 0.0844. The Hall–Kier alpha value is 0.0538. The average molecular weight is 236 g/mol. The van der Waals surface area contributed by atoms with Crippen LogP contribution >= 0.6 is 0 Å². The first kappa shape index (κ1) is 16.5. The van der Waals surface area contributed by atoms with Crippen molar-refractivity contribution in [3.63, 3.8) is 0 Å². The van der Waals surface area contributed by atoms with Crippen LogP contribution in [0.3, 0.4) is 0 Å². The molecule has 0 aliphatic carbocycles. The van der Waals surface area contributed by atoms with E-state index in [0.29, 0.717) is 19.8 Å².